The first kappa shape index (κ1) is 47.2. The van der Waals surface area contributed by atoms with Crippen molar-refractivity contribution in [2.45, 2.75) is 104 Å². The summed E-state index contributed by atoms with van der Waals surface area (Å²) in [6.45, 7) is 0.0299. The summed E-state index contributed by atoms with van der Waals surface area (Å²) in [4.78, 5) is 4.30. The summed E-state index contributed by atoms with van der Waals surface area (Å²) >= 11 is 4.36. The first-order valence-corrected chi connectivity index (χ1v) is 20.9. The third-order valence-corrected chi connectivity index (χ3v) is 12.0. The van der Waals surface area contributed by atoms with Gasteiger partial charge in [-0.2, -0.15) is 23.5 Å². The average Bonchev–Trinajstić information content (AvgIpc) is 3.15. The highest BCUT2D eigenvalue weighted by molar-refractivity contribution is 8.00. The van der Waals surface area contributed by atoms with Crippen LogP contribution in [0.4, 0.5) is 0 Å². The fourth-order valence-electron chi connectivity index (χ4n) is 5.69. The van der Waals surface area contributed by atoms with Crippen molar-refractivity contribution in [3.05, 3.63) is 0 Å². The van der Waals surface area contributed by atoms with E-state index in [1.165, 1.54) is 7.11 Å². The lowest BCUT2D eigenvalue weighted by molar-refractivity contribution is -0.335. The third kappa shape index (κ3) is 14.3. The summed E-state index contributed by atoms with van der Waals surface area (Å²) in [5.74, 6) is 3.42. The maximum absolute atomic E-state index is 10.8. The molecule has 19 nitrogen and oxygen atoms in total. The molecule has 312 valence electrons. The summed E-state index contributed by atoms with van der Waals surface area (Å²) in [5, 5.41) is 92.0. The summed E-state index contributed by atoms with van der Waals surface area (Å²) in [7, 11) is 1.38. The van der Waals surface area contributed by atoms with Gasteiger partial charge in [-0.1, -0.05) is 0 Å². The number of amidine groups is 1. The molecule has 0 aromatic heterocycles. The molecule has 53 heavy (non-hydrogen) atoms. The second kappa shape index (κ2) is 25.3. The summed E-state index contributed by atoms with van der Waals surface area (Å²) < 4.78 is 39.9. The molecule has 15 atom stereocenters. The van der Waals surface area contributed by atoms with Crippen LogP contribution in [0.1, 0.15) is 12.8 Å². The second-order valence-electron chi connectivity index (χ2n) is 12.6. The summed E-state index contributed by atoms with van der Waals surface area (Å²) in [6.07, 6.45) is -16.3. The van der Waals surface area contributed by atoms with Crippen LogP contribution >= 0.6 is 35.3 Å². The first-order chi connectivity index (χ1) is 25.5. The first-order valence-electron chi connectivity index (χ1n) is 17.6. The Labute approximate surface area is 322 Å². The number of rotatable bonds is 24. The Morgan fingerprint density at radius 3 is 1.81 bits per heavy atom. The van der Waals surface area contributed by atoms with Gasteiger partial charge in [0.25, 0.3) is 0 Å². The lowest BCUT2D eigenvalue weighted by Gasteiger charge is -2.44. The van der Waals surface area contributed by atoms with Gasteiger partial charge < -0.3 is 90.6 Å². The van der Waals surface area contributed by atoms with Gasteiger partial charge in [0.05, 0.1) is 25.6 Å². The second-order valence-corrected chi connectivity index (χ2v) is 16.1. The molecule has 6 unspecified atom stereocenters. The molecule has 0 saturated carbocycles. The number of hydrogen-bond acceptors (Lipinski definition) is 21. The molecule has 13 N–H and O–H groups in total. The minimum Gasteiger partial charge on any atom is -0.394 e. The zero-order chi connectivity index (χ0) is 38.9. The average molecular weight is 826 g/mol. The molecule has 3 fully saturated rings. The van der Waals surface area contributed by atoms with E-state index in [1.54, 1.807) is 23.5 Å². The molecule has 0 aliphatic carbocycles. The summed E-state index contributed by atoms with van der Waals surface area (Å²) in [6, 6.07) is 0. The van der Waals surface area contributed by atoms with Crippen LogP contribution < -0.4 is 11.5 Å². The van der Waals surface area contributed by atoms with Crippen LogP contribution in [0.5, 0.6) is 0 Å². The van der Waals surface area contributed by atoms with E-state index in [0.717, 1.165) is 23.3 Å². The molecular formula is C31H59N3O16S3. The zero-order valence-corrected chi connectivity index (χ0v) is 32.2. The van der Waals surface area contributed by atoms with Crippen LogP contribution in [0.15, 0.2) is 4.99 Å². The Morgan fingerprint density at radius 1 is 0.660 bits per heavy atom. The number of aliphatic hydroxyl groups is 9. The molecule has 3 saturated heterocycles. The largest absolute Gasteiger partial charge is 0.394 e. The van der Waals surface area contributed by atoms with Crippen molar-refractivity contribution in [2.75, 3.05) is 82.0 Å². The minimum atomic E-state index is -1.47. The lowest BCUT2D eigenvalue weighted by atomic mass is 9.98. The molecule has 0 bridgehead atoms. The number of aliphatic imine (C=N–C) groups is 1. The fourth-order valence-corrected chi connectivity index (χ4v) is 8.13. The van der Waals surface area contributed by atoms with Crippen molar-refractivity contribution in [1.82, 2.24) is 0 Å². The van der Waals surface area contributed by atoms with Gasteiger partial charge >= 0.3 is 0 Å². The molecular weight excluding hydrogens is 767 g/mol. The maximum atomic E-state index is 10.8. The smallest absolute Gasteiger partial charge is 0.187 e. The molecule has 0 radical (unpaired) electrons. The minimum absolute atomic E-state index is 0.159. The van der Waals surface area contributed by atoms with E-state index in [4.69, 9.17) is 44.6 Å². The van der Waals surface area contributed by atoms with E-state index in [-0.39, 0.29) is 19.0 Å². The number of nitrogens with two attached hydrogens (primary N) is 2. The van der Waals surface area contributed by atoms with Gasteiger partial charge in [0, 0.05) is 44.9 Å². The van der Waals surface area contributed by atoms with Crippen molar-refractivity contribution in [1.29, 1.82) is 0 Å². The molecule has 3 rings (SSSR count). The van der Waals surface area contributed by atoms with E-state index < -0.39 is 104 Å². The van der Waals surface area contributed by atoms with Crippen molar-refractivity contribution in [3.8, 4) is 0 Å². The van der Waals surface area contributed by atoms with Gasteiger partial charge in [-0.15, -0.1) is 11.8 Å². The zero-order valence-electron chi connectivity index (χ0n) is 29.8. The number of nitrogens with zero attached hydrogens (tertiary/aromatic N) is 1. The van der Waals surface area contributed by atoms with E-state index in [1.807, 2.05) is 0 Å². The van der Waals surface area contributed by atoms with Gasteiger partial charge in [0.1, 0.15) is 84.5 Å². The highest BCUT2D eigenvalue weighted by atomic mass is 32.2. The molecule has 22 heteroatoms. The van der Waals surface area contributed by atoms with Crippen LogP contribution in [-0.4, -0.2) is 225 Å². The van der Waals surface area contributed by atoms with Crippen LogP contribution in [0.3, 0.4) is 0 Å². The number of methoxy groups -OCH3 is 1. The van der Waals surface area contributed by atoms with E-state index >= 15 is 0 Å². The number of ether oxygens (including phenoxy) is 7. The standard InChI is InChI=1S/C31H59N3O16S3/c1-44-29-27(45-6-2-8-51-10-4-32)25(42)22(39)18(49-29)14-47-30-28(24(41)21(38)16(12-35)48-30)46-7-3-9-52-11-5-34-19(33)15-53-31-26(43)23(40)20(37)17(13-36)50-31/h16-18,20-31,35-43H,2-15,32H2,1H3,(H2,33,34)/t16?,17?,18?,20-,21+,22+,23?,24-,25-,26-,27?,28?,29-,30-,31-/m0/s1. The Morgan fingerprint density at radius 2 is 1.21 bits per heavy atom. The summed E-state index contributed by atoms with van der Waals surface area (Å²) in [5.41, 5.74) is 10.6. The lowest BCUT2D eigenvalue weighted by Crippen LogP contribution is -2.62. The molecule has 3 aliphatic heterocycles. The highest BCUT2D eigenvalue weighted by Gasteiger charge is 2.49. The third-order valence-electron chi connectivity index (χ3n) is 8.67. The topological polar surface area (TPSA) is 311 Å². The predicted octanol–water partition coefficient (Wildman–Crippen LogP) is -4.60. The fraction of sp³-hybridized carbons (Fsp3) is 0.968. The maximum Gasteiger partial charge on any atom is 0.187 e. The Hall–Kier alpha value is -0.160. The van der Waals surface area contributed by atoms with E-state index in [9.17, 15) is 46.0 Å². The number of thioether (sulfide) groups is 3. The van der Waals surface area contributed by atoms with Crippen molar-refractivity contribution in [3.63, 3.8) is 0 Å². The SMILES string of the molecule is CO[C@H]1OC(CO[C@H]2OC(CO)[C@@H](O)[C@H](O)C2OCCCSCCN=C(N)CS[C@@H]2OC(CO)[C@H](O)C(O)[C@@H]2O)[C@@H](O)[C@H](O)C1OCCCSCCN. The van der Waals surface area contributed by atoms with Crippen molar-refractivity contribution in [2.24, 2.45) is 16.5 Å². The van der Waals surface area contributed by atoms with Gasteiger partial charge in [0.15, 0.2) is 12.6 Å². The van der Waals surface area contributed by atoms with Crippen molar-refractivity contribution < 1.29 is 79.1 Å². The molecule has 0 aromatic carbocycles. The van der Waals surface area contributed by atoms with Crippen LogP contribution in [-0.2, 0) is 33.2 Å². The van der Waals surface area contributed by atoms with Gasteiger partial charge in [0.2, 0.25) is 0 Å². The quantitative estimate of drug-likeness (QED) is 0.0248. The molecule has 0 spiro atoms. The van der Waals surface area contributed by atoms with E-state index in [0.29, 0.717) is 49.9 Å². The molecule has 3 aliphatic rings. The molecule has 0 amide bonds. The van der Waals surface area contributed by atoms with Crippen molar-refractivity contribution >= 4 is 41.1 Å². The Bertz CT molecular complexity index is 1030. The van der Waals surface area contributed by atoms with Crippen LogP contribution in [0.25, 0.3) is 0 Å². The van der Waals surface area contributed by atoms with Crippen LogP contribution in [0, 0.1) is 0 Å². The number of hydrogen-bond donors (Lipinski definition) is 11. The Kier molecular flexibility index (Phi) is 22.5. The van der Waals surface area contributed by atoms with Gasteiger partial charge in [-0.25, -0.2) is 0 Å². The Balaban J connectivity index is 1.40. The molecule has 3 heterocycles. The monoisotopic (exact) mass is 825 g/mol. The van der Waals surface area contributed by atoms with Crippen LogP contribution in [0.2, 0.25) is 0 Å². The number of aliphatic hydroxyl groups excluding tert-OH is 9. The van der Waals surface area contributed by atoms with Gasteiger partial charge in [-0.05, 0) is 24.3 Å². The normalized spacial score (nSPS) is 38.3. The van der Waals surface area contributed by atoms with E-state index in [2.05, 4.69) is 4.99 Å². The highest BCUT2D eigenvalue weighted by Crippen LogP contribution is 2.30. The van der Waals surface area contributed by atoms with Gasteiger partial charge in [-0.3, -0.25) is 4.99 Å². The molecule has 0 aromatic rings. The predicted molar refractivity (Wildman–Crippen MR) is 197 cm³/mol.